The summed E-state index contributed by atoms with van der Waals surface area (Å²) in [5.74, 6) is 0.587. The molecular weight excluding hydrogens is 484 g/mol. The fraction of sp³-hybridized carbons (Fsp3) is 0.400. The molecule has 1 unspecified atom stereocenters. The maximum Gasteiger partial charge on any atom is 0.256 e. The van der Waals surface area contributed by atoms with Crippen LogP contribution in [0.5, 0.6) is 0 Å². The van der Waals surface area contributed by atoms with Crippen molar-refractivity contribution in [1.82, 2.24) is 14.8 Å². The van der Waals surface area contributed by atoms with Crippen LogP contribution in [0, 0.1) is 0 Å². The molecule has 1 aliphatic heterocycles. The highest BCUT2D eigenvalue weighted by atomic mass is 32.2. The van der Waals surface area contributed by atoms with Crippen LogP contribution >= 0.6 is 0 Å². The minimum absolute atomic E-state index is 0.258. The van der Waals surface area contributed by atoms with Crippen molar-refractivity contribution in [2.75, 3.05) is 27.6 Å². The third-order valence-corrected chi connectivity index (χ3v) is 6.94. The van der Waals surface area contributed by atoms with Crippen LogP contribution in [0.2, 0.25) is 0 Å². The van der Waals surface area contributed by atoms with Gasteiger partial charge in [-0.05, 0) is 36.8 Å². The molecule has 0 spiro atoms. The molecule has 36 heavy (non-hydrogen) atoms. The number of rotatable bonds is 9. The predicted molar refractivity (Wildman–Crippen MR) is 135 cm³/mol. The molecule has 11 heteroatoms. The second-order valence-corrected chi connectivity index (χ2v) is 9.61. The smallest absolute Gasteiger partial charge is 0.256 e. The zero-order valence-electron chi connectivity index (χ0n) is 20.8. The van der Waals surface area contributed by atoms with Gasteiger partial charge >= 0.3 is 0 Å². The summed E-state index contributed by atoms with van der Waals surface area (Å²) in [5, 5.41) is 8.65. The molecule has 192 valence electrons. The average molecular weight is 515 g/mol. The molecule has 1 aliphatic rings. The lowest BCUT2D eigenvalue weighted by Crippen LogP contribution is -2.59. The maximum absolute atomic E-state index is 11.6. The van der Waals surface area contributed by atoms with Gasteiger partial charge in [0, 0.05) is 48.8 Å². The first kappa shape index (κ1) is 26.1. The second-order valence-electron chi connectivity index (χ2n) is 8.23. The van der Waals surface area contributed by atoms with Crippen molar-refractivity contribution >= 4 is 17.0 Å². The van der Waals surface area contributed by atoms with E-state index in [-0.39, 0.29) is 18.3 Å². The molecule has 0 amide bonds. The number of hydrogen-bond donors (Lipinski definition) is 0. The van der Waals surface area contributed by atoms with E-state index in [1.807, 2.05) is 55.5 Å². The fourth-order valence-corrected chi connectivity index (χ4v) is 4.60. The number of ether oxygens (including phenoxy) is 4. The number of benzene rings is 2. The molecule has 3 aromatic rings. The van der Waals surface area contributed by atoms with Crippen LogP contribution in [-0.4, -0.2) is 83.5 Å². The average Bonchev–Trinajstić information content (AvgIpc) is 3.39. The van der Waals surface area contributed by atoms with Crippen molar-refractivity contribution in [2.45, 2.75) is 42.5 Å². The van der Waals surface area contributed by atoms with E-state index in [0.717, 1.165) is 21.7 Å². The third kappa shape index (κ3) is 5.71. The van der Waals surface area contributed by atoms with Crippen molar-refractivity contribution in [1.29, 1.82) is 0 Å². The van der Waals surface area contributed by atoms with E-state index in [1.165, 1.54) is 0 Å². The van der Waals surface area contributed by atoms with Gasteiger partial charge in [0.25, 0.3) is 6.29 Å². The molecule has 0 aliphatic carbocycles. The number of oxime groups is 1. The standard InChI is InChI=1S/C25H30N4O6S/c1-16-21(31-2)22(32-3)23(33-4)25(34-16)35-27-14-17-6-8-18(9-7-17)24-26-15-29(28-24)19-10-12-20(13-11-19)36(5)30/h6-16,21-23,25H,1-5H3/b27-14-/t16-,21-,22+,23+,25-,36?/m0/s1. The topological polar surface area (TPSA) is 106 Å². The summed E-state index contributed by atoms with van der Waals surface area (Å²) in [7, 11) is 3.76. The third-order valence-electron chi connectivity index (χ3n) is 6.00. The molecule has 6 atom stereocenters. The van der Waals surface area contributed by atoms with E-state index in [9.17, 15) is 4.21 Å². The van der Waals surface area contributed by atoms with Crippen LogP contribution in [-0.2, 0) is 34.6 Å². The Bertz CT molecular complexity index is 1180. The quantitative estimate of drug-likeness (QED) is 0.317. The Morgan fingerprint density at radius 2 is 1.64 bits per heavy atom. The van der Waals surface area contributed by atoms with Crippen molar-refractivity contribution in [3.63, 3.8) is 0 Å². The SMILES string of the molecule is CO[C@@H]1[C@@H](OC)[C@H](C)O[C@@H](O/N=C\c2ccc(-c3ncn(-c4ccc(S(C)=O)cc4)n3)cc2)[C@@H]1OC. The lowest BCUT2D eigenvalue weighted by Gasteiger charge is -2.42. The van der Waals surface area contributed by atoms with Gasteiger partial charge in [-0.3, -0.25) is 4.21 Å². The van der Waals surface area contributed by atoms with Gasteiger partial charge in [-0.15, -0.1) is 5.10 Å². The van der Waals surface area contributed by atoms with Crippen LogP contribution in [0.25, 0.3) is 17.1 Å². The first-order chi connectivity index (χ1) is 17.4. The first-order valence-electron chi connectivity index (χ1n) is 11.3. The van der Waals surface area contributed by atoms with E-state index in [2.05, 4.69) is 15.2 Å². The van der Waals surface area contributed by atoms with Gasteiger partial charge in [-0.25, -0.2) is 9.67 Å². The molecule has 10 nitrogen and oxygen atoms in total. The molecule has 1 fully saturated rings. The highest BCUT2D eigenvalue weighted by Gasteiger charge is 2.46. The molecule has 4 rings (SSSR count). The predicted octanol–water partition coefficient (Wildman–Crippen LogP) is 2.81. The number of aromatic nitrogens is 3. The second kappa shape index (κ2) is 11.8. The largest absolute Gasteiger partial charge is 0.376 e. The van der Waals surface area contributed by atoms with E-state index in [4.69, 9.17) is 23.8 Å². The number of nitrogens with zero attached hydrogens (tertiary/aromatic N) is 4. The summed E-state index contributed by atoms with van der Waals surface area (Å²) in [6.45, 7) is 1.89. The monoisotopic (exact) mass is 514 g/mol. The van der Waals surface area contributed by atoms with Crippen LogP contribution in [0.1, 0.15) is 12.5 Å². The van der Waals surface area contributed by atoms with Crippen LogP contribution in [0.4, 0.5) is 0 Å². The molecule has 0 bridgehead atoms. The van der Waals surface area contributed by atoms with E-state index in [0.29, 0.717) is 5.82 Å². The zero-order valence-corrected chi connectivity index (χ0v) is 21.6. The van der Waals surface area contributed by atoms with Gasteiger partial charge in [0.05, 0.1) is 18.0 Å². The molecule has 1 aromatic heterocycles. The van der Waals surface area contributed by atoms with Gasteiger partial charge in [0.15, 0.2) is 11.9 Å². The minimum atomic E-state index is -1.02. The summed E-state index contributed by atoms with van der Waals surface area (Å²) in [6, 6.07) is 15.0. The normalized spacial score (nSPS) is 25.2. The Labute approximate surface area is 212 Å². The summed E-state index contributed by atoms with van der Waals surface area (Å²) in [5.41, 5.74) is 2.53. The van der Waals surface area contributed by atoms with Gasteiger partial charge in [0.1, 0.15) is 18.5 Å². The van der Waals surface area contributed by atoms with Crippen molar-refractivity contribution in [3.05, 3.63) is 60.4 Å². The lowest BCUT2D eigenvalue weighted by atomic mass is 9.99. The highest BCUT2D eigenvalue weighted by molar-refractivity contribution is 7.84. The zero-order chi connectivity index (χ0) is 25.7. The molecule has 0 radical (unpaired) electrons. The van der Waals surface area contributed by atoms with Gasteiger partial charge in [0.2, 0.25) is 0 Å². The lowest BCUT2D eigenvalue weighted by molar-refractivity contribution is -0.305. The molecular formula is C25H30N4O6S. The van der Waals surface area contributed by atoms with Crippen LogP contribution in [0.15, 0.2) is 64.9 Å². The minimum Gasteiger partial charge on any atom is -0.376 e. The van der Waals surface area contributed by atoms with Gasteiger partial charge in [-0.2, -0.15) is 0 Å². The van der Waals surface area contributed by atoms with E-state index < -0.39 is 23.2 Å². The van der Waals surface area contributed by atoms with E-state index >= 15 is 0 Å². The molecule has 2 heterocycles. The Kier molecular flexibility index (Phi) is 8.60. The highest BCUT2D eigenvalue weighted by Crippen LogP contribution is 2.27. The Morgan fingerprint density at radius 3 is 2.25 bits per heavy atom. The van der Waals surface area contributed by atoms with E-state index in [1.54, 1.807) is 44.8 Å². The fourth-order valence-electron chi connectivity index (χ4n) is 4.08. The van der Waals surface area contributed by atoms with Crippen molar-refractivity contribution in [2.24, 2.45) is 5.16 Å². The van der Waals surface area contributed by atoms with Crippen molar-refractivity contribution < 1.29 is 28.0 Å². The summed E-state index contributed by atoms with van der Waals surface area (Å²) >= 11 is 0. The number of methoxy groups -OCH3 is 3. The maximum atomic E-state index is 11.6. The molecule has 2 aromatic carbocycles. The van der Waals surface area contributed by atoms with Crippen molar-refractivity contribution in [3.8, 4) is 17.1 Å². The number of hydrogen-bond acceptors (Lipinski definition) is 9. The van der Waals surface area contributed by atoms with Gasteiger partial charge < -0.3 is 23.8 Å². The molecule has 0 N–H and O–H groups in total. The summed E-state index contributed by atoms with van der Waals surface area (Å²) < 4.78 is 35.8. The van der Waals surface area contributed by atoms with Crippen LogP contribution < -0.4 is 0 Å². The first-order valence-corrected chi connectivity index (χ1v) is 12.9. The summed E-state index contributed by atoms with van der Waals surface area (Å²) in [6.07, 6.45) is 2.76. The molecule has 0 saturated carbocycles. The Balaban J connectivity index is 1.40. The van der Waals surface area contributed by atoms with Gasteiger partial charge in [-0.1, -0.05) is 29.4 Å². The molecule has 1 saturated heterocycles. The van der Waals surface area contributed by atoms with Crippen LogP contribution in [0.3, 0.4) is 0 Å². The Hall–Kier alpha value is -2.96. The Morgan fingerprint density at radius 1 is 0.972 bits per heavy atom. The summed E-state index contributed by atoms with van der Waals surface area (Å²) in [4.78, 5) is 10.8.